The summed E-state index contributed by atoms with van der Waals surface area (Å²) in [5.74, 6) is 1.60. The number of thiophene rings is 1. The number of nitriles is 1. The van der Waals surface area contributed by atoms with Gasteiger partial charge in [-0.3, -0.25) is 0 Å². The molecule has 0 aliphatic heterocycles. The lowest BCUT2D eigenvalue weighted by molar-refractivity contribution is 0.305. The Labute approximate surface area is 171 Å². The van der Waals surface area contributed by atoms with Crippen LogP contribution in [0.15, 0.2) is 59.3 Å². The van der Waals surface area contributed by atoms with Crippen LogP contribution in [0.3, 0.4) is 0 Å². The summed E-state index contributed by atoms with van der Waals surface area (Å²) in [5.41, 5.74) is 3.74. The van der Waals surface area contributed by atoms with E-state index in [1.807, 2.05) is 47.8 Å². The fourth-order valence-electron chi connectivity index (χ4n) is 2.94. The molecule has 0 radical (unpaired) electrons. The van der Waals surface area contributed by atoms with Crippen LogP contribution in [0.4, 0.5) is 0 Å². The van der Waals surface area contributed by atoms with Gasteiger partial charge >= 0.3 is 0 Å². The molecule has 4 heteroatoms. The highest BCUT2D eigenvalue weighted by Gasteiger charge is 2.09. The maximum Gasteiger partial charge on any atom is 0.128 e. The second kappa shape index (κ2) is 10.5. The lowest BCUT2D eigenvalue weighted by Gasteiger charge is -2.13. The van der Waals surface area contributed by atoms with E-state index in [2.05, 4.69) is 18.4 Å². The Bertz CT molecular complexity index is 895. The molecule has 3 aromatic rings. The number of rotatable bonds is 10. The SMILES string of the molecule is CCCCCCOc1ccc(-c2ccc(C#N)cc2OCc2ccsc2)cc1. The number of hydrogen-bond donors (Lipinski definition) is 0. The third-order valence-corrected chi connectivity index (χ3v) is 5.25. The molecule has 1 aromatic heterocycles. The van der Waals surface area contributed by atoms with Gasteiger partial charge in [-0.25, -0.2) is 0 Å². The summed E-state index contributed by atoms with van der Waals surface area (Å²) in [6.45, 7) is 3.45. The Morgan fingerprint density at radius 1 is 0.964 bits per heavy atom. The predicted octanol–water partition coefficient (Wildman–Crippen LogP) is 6.82. The van der Waals surface area contributed by atoms with Crippen LogP contribution in [0.2, 0.25) is 0 Å². The van der Waals surface area contributed by atoms with Gasteiger partial charge in [-0.2, -0.15) is 16.6 Å². The van der Waals surface area contributed by atoms with Crippen molar-refractivity contribution < 1.29 is 9.47 Å². The van der Waals surface area contributed by atoms with Gasteiger partial charge < -0.3 is 9.47 Å². The van der Waals surface area contributed by atoms with Crippen LogP contribution in [0.1, 0.15) is 43.7 Å². The van der Waals surface area contributed by atoms with Gasteiger partial charge in [-0.1, -0.05) is 38.3 Å². The third kappa shape index (κ3) is 5.61. The van der Waals surface area contributed by atoms with Crippen molar-refractivity contribution in [2.45, 2.75) is 39.2 Å². The molecule has 3 nitrogen and oxygen atoms in total. The molecule has 0 spiro atoms. The maximum absolute atomic E-state index is 9.23. The molecular formula is C24H25NO2S. The zero-order valence-corrected chi connectivity index (χ0v) is 17.0. The highest BCUT2D eigenvalue weighted by Crippen LogP contribution is 2.33. The van der Waals surface area contributed by atoms with Gasteiger partial charge in [0.25, 0.3) is 0 Å². The fourth-order valence-corrected chi connectivity index (χ4v) is 3.59. The average molecular weight is 392 g/mol. The molecule has 0 amide bonds. The Balaban J connectivity index is 1.70. The van der Waals surface area contributed by atoms with E-state index in [0.717, 1.165) is 41.2 Å². The van der Waals surface area contributed by atoms with Gasteiger partial charge in [0.15, 0.2) is 0 Å². The first-order chi connectivity index (χ1) is 13.8. The highest BCUT2D eigenvalue weighted by atomic mass is 32.1. The van der Waals surface area contributed by atoms with E-state index in [0.29, 0.717) is 12.2 Å². The summed E-state index contributed by atoms with van der Waals surface area (Å²) in [6.07, 6.45) is 4.79. The van der Waals surface area contributed by atoms with Crippen LogP contribution < -0.4 is 9.47 Å². The molecule has 2 aromatic carbocycles. The van der Waals surface area contributed by atoms with Crippen molar-refractivity contribution in [2.75, 3.05) is 6.61 Å². The summed E-state index contributed by atoms with van der Waals surface area (Å²) >= 11 is 1.65. The van der Waals surface area contributed by atoms with E-state index in [4.69, 9.17) is 9.47 Å². The molecule has 0 fully saturated rings. The molecule has 0 aliphatic carbocycles. The molecular weight excluding hydrogens is 366 g/mol. The van der Waals surface area contributed by atoms with Crippen molar-refractivity contribution in [2.24, 2.45) is 0 Å². The molecule has 3 rings (SSSR count). The Hall–Kier alpha value is -2.77. The molecule has 28 heavy (non-hydrogen) atoms. The number of unbranched alkanes of at least 4 members (excludes halogenated alkanes) is 3. The first kappa shape index (κ1) is 20.0. The first-order valence-electron chi connectivity index (χ1n) is 9.71. The second-order valence-corrected chi connectivity index (χ2v) is 7.46. The molecule has 144 valence electrons. The minimum Gasteiger partial charge on any atom is -0.494 e. The van der Waals surface area contributed by atoms with E-state index in [9.17, 15) is 5.26 Å². The van der Waals surface area contributed by atoms with Crippen LogP contribution in [0, 0.1) is 11.3 Å². The van der Waals surface area contributed by atoms with Crippen molar-refractivity contribution >= 4 is 11.3 Å². The number of nitrogens with zero attached hydrogens (tertiary/aromatic N) is 1. The van der Waals surface area contributed by atoms with Crippen molar-refractivity contribution in [3.63, 3.8) is 0 Å². The van der Waals surface area contributed by atoms with Gasteiger partial charge in [0.05, 0.1) is 18.2 Å². The van der Waals surface area contributed by atoms with Crippen LogP contribution in [-0.2, 0) is 6.61 Å². The van der Waals surface area contributed by atoms with Crippen molar-refractivity contribution in [1.29, 1.82) is 5.26 Å². The van der Waals surface area contributed by atoms with E-state index in [-0.39, 0.29) is 0 Å². The van der Waals surface area contributed by atoms with Crippen LogP contribution in [-0.4, -0.2) is 6.61 Å². The molecule has 0 saturated heterocycles. The predicted molar refractivity (Wildman–Crippen MR) is 115 cm³/mol. The van der Waals surface area contributed by atoms with Crippen molar-refractivity contribution in [3.05, 3.63) is 70.4 Å². The van der Waals surface area contributed by atoms with E-state index in [1.54, 1.807) is 17.4 Å². The number of hydrogen-bond acceptors (Lipinski definition) is 4. The van der Waals surface area contributed by atoms with Gasteiger partial charge in [-0.15, -0.1) is 0 Å². The molecule has 0 atom stereocenters. The van der Waals surface area contributed by atoms with Gasteiger partial charge in [0.1, 0.15) is 18.1 Å². The minimum absolute atomic E-state index is 0.490. The standard InChI is InChI=1S/C24H25NO2S/c1-2-3-4-5-13-26-22-9-7-21(8-10-22)23-11-6-19(16-25)15-24(23)27-17-20-12-14-28-18-20/h6-12,14-15,18H,2-5,13,17H2,1H3. The smallest absolute Gasteiger partial charge is 0.128 e. The van der Waals surface area contributed by atoms with Crippen LogP contribution in [0.25, 0.3) is 11.1 Å². The van der Waals surface area contributed by atoms with Gasteiger partial charge in [-0.05, 0) is 64.7 Å². The lowest BCUT2D eigenvalue weighted by Crippen LogP contribution is -1.98. The summed E-state index contributed by atoms with van der Waals surface area (Å²) in [7, 11) is 0. The van der Waals surface area contributed by atoms with Crippen LogP contribution in [0.5, 0.6) is 11.5 Å². The second-order valence-electron chi connectivity index (χ2n) is 6.68. The zero-order chi connectivity index (χ0) is 19.6. The molecule has 0 saturated carbocycles. The molecule has 0 bridgehead atoms. The lowest BCUT2D eigenvalue weighted by atomic mass is 10.0. The summed E-state index contributed by atoms with van der Waals surface area (Å²) in [6, 6.07) is 17.9. The summed E-state index contributed by atoms with van der Waals surface area (Å²) in [4.78, 5) is 0. The normalized spacial score (nSPS) is 10.4. The number of ether oxygens (including phenoxy) is 2. The quantitative estimate of drug-likeness (QED) is 0.356. The number of benzene rings is 2. The largest absolute Gasteiger partial charge is 0.494 e. The van der Waals surface area contributed by atoms with Crippen molar-refractivity contribution in [1.82, 2.24) is 0 Å². The summed E-state index contributed by atoms with van der Waals surface area (Å²) in [5, 5.41) is 13.3. The van der Waals surface area contributed by atoms with E-state index < -0.39 is 0 Å². The molecule has 0 N–H and O–H groups in total. The topological polar surface area (TPSA) is 42.2 Å². The summed E-state index contributed by atoms with van der Waals surface area (Å²) < 4.78 is 11.9. The zero-order valence-electron chi connectivity index (χ0n) is 16.2. The Morgan fingerprint density at radius 2 is 1.82 bits per heavy atom. The minimum atomic E-state index is 0.490. The maximum atomic E-state index is 9.23. The highest BCUT2D eigenvalue weighted by molar-refractivity contribution is 7.07. The van der Waals surface area contributed by atoms with Gasteiger partial charge in [0.2, 0.25) is 0 Å². The third-order valence-electron chi connectivity index (χ3n) is 4.52. The fraction of sp³-hybridized carbons (Fsp3) is 0.292. The van der Waals surface area contributed by atoms with E-state index >= 15 is 0 Å². The van der Waals surface area contributed by atoms with Crippen molar-refractivity contribution in [3.8, 4) is 28.7 Å². The van der Waals surface area contributed by atoms with E-state index in [1.165, 1.54) is 19.3 Å². The van der Waals surface area contributed by atoms with Gasteiger partial charge in [0, 0.05) is 5.56 Å². The monoisotopic (exact) mass is 391 g/mol. The van der Waals surface area contributed by atoms with Crippen LogP contribution >= 0.6 is 11.3 Å². The first-order valence-corrected chi connectivity index (χ1v) is 10.7. The Kier molecular flexibility index (Phi) is 7.52. The molecule has 0 aliphatic rings. The molecule has 0 unspecified atom stereocenters. The molecule has 1 heterocycles. The average Bonchev–Trinajstić information content (AvgIpc) is 3.26. The Morgan fingerprint density at radius 3 is 2.54 bits per heavy atom.